The predicted molar refractivity (Wildman–Crippen MR) is 140 cm³/mol. The Morgan fingerprint density at radius 3 is 1.52 bits per heavy atom. The fraction of sp³-hybridized carbons (Fsp3) is 0.966. The SMILES string of the molecule is CCCCCCCCCCCCCCCCCCC(O)(CC)C[N+](C)(C)CCCCC(=O)[O-]. The lowest BCUT2D eigenvalue weighted by Gasteiger charge is -2.38. The van der Waals surface area contributed by atoms with Crippen LogP contribution < -0.4 is 5.11 Å². The van der Waals surface area contributed by atoms with Crippen molar-refractivity contribution in [3.05, 3.63) is 0 Å². The number of carboxylic acids is 1. The van der Waals surface area contributed by atoms with Gasteiger partial charge >= 0.3 is 0 Å². The summed E-state index contributed by atoms with van der Waals surface area (Å²) in [6.07, 6.45) is 25.2. The van der Waals surface area contributed by atoms with Gasteiger partial charge in [-0.1, -0.05) is 117 Å². The third-order valence-corrected chi connectivity index (χ3v) is 7.27. The minimum atomic E-state index is -0.964. The van der Waals surface area contributed by atoms with Gasteiger partial charge in [0.25, 0.3) is 0 Å². The van der Waals surface area contributed by atoms with Crippen LogP contribution in [0.3, 0.4) is 0 Å². The van der Waals surface area contributed by atoms with Crippen LogP contribution in [0.4, 0.5) is 0 Å². The van der Waals surface area contributed by atoms with E-state index < -0.39 is 11.6 Å². The fourth-order valence-corrected chi connectivity index (χ4v) is 5.05. The molecule has 0 radical (unpaired) electrons. The van der Waals surface area contributed by atoms with Crippen LogP contribution >= 0.6 is 0 Å². The molecule has 33 heavy (non-hydrogen) atoms. The third-order valence-electron chi connectivity index (χ3n) is 7.27. The second kappa shape index (κ2) is 20.7. The number of carbonyl (C=O) groups is 1. The number of rotatable bonds is 25. The van der Waals surface area contributed by atoms with Gasteiger partial charge in [-0.2, -0.15) is 0 Å². The molecule has 1 unspecified atom stereocenters. The van der Waals surface area contributed by atoms with Crippen molar-refractivity contribution in [1.82, 2.24) is 0 Å². The molecule has 4 nitrogen and oxygen atoms in total. The van der Waals surface area contributed by atoms with Crippen LogP contribution in [0.1, 0.15) is 149 Å². The van der Waals surface area contributed by atoms with Gasteiger partial charge in [0, 0.05) is 5.97 Å². The topological polar surface area (TPSA) is 60.4 Å². The summed E-state index contributed by atoms with van der Waals surface area (Å²) in [6.45, 7) is 6.01. The minimum Gasteiger partial charge on any atom is -0.550 e. The highest BCUT2D eigenvalue weighted by Gasteiger charge is 2.32. The number of hydrogen-bond acceptors (Lipinski definition) is 3. The molecule has 0 spiro atoms. The van der Waals surface area contributed by atoms with Crippen LogP contribution in [0.15, 0.2) is 0 Å². The summed E-state index contributed by atoms with van der Waals surface area (Å²) in [5, 5.41) is 21.7. The first-order valence-electron chi connectivity index (χ1n) is 14.5. The highest BCUT2D eigenvalue weighted by Crippen LogP contribution is 2.24. The van der Waals surface area contributed by atoms with Crippen LogP contribution in [-0.4, -0.2) is 48.3 Å². The van der Waals surface area contributed by atoms with E-state index in [1.54, 1.807) is 0 Å². The highest BCUT2D eigenvalue weighted by atomic mass is 16.4. The lowest BCUT2D eigenvalue weighted by molar-refractivity contribution is -0.897. The number of aliphatic carboxylic acids is 1. The van der Waals surface area contributed by atoms with Gasteiger partial charge in [-0.25, -0.2) is 0 Å². The Hall–Kier alpha value is -0.610. The molecule has 1 atom stereocenters. The van der Waals surface area contributed by atoms with Gasteiger partial charge in [-0.05, 0) is 32.1 Å². The Kier molecular flexibility index (Phi) is 20.4. The zero-order chi connectivity index (χ0) is 24.8. The predicted octanol–water partition coefficient (Wildman–Crippen LogP) is 6.78. The zero-order valence-corrected chi connectivity index (χ0v) is 23.0. The van der Waals surface area contributed by atoms with Crippen LogP contribution in [0.25, 0.3) is 0 Å². The molecule has 0 saturated heterocycles. The molecule has 0 aromatic heterocycles. The normalized spacial score (nSPS) is 13.8. The standard InChI is InChI=1S/C29H59NO3/c1-5-7-8-9-10-11-12-13-14-15-16-17-18-19-20-22-25-29(33,6-2)27-30(3,4)26-23-21-24-28(31)32/h33H,5-27H2,1-4H3. The Morgan fingerprint density at radius 1 is 0.697 bits per heavy atom. The van der Waals surface area contributed by atoms with Gasteiger partial charge in [0.05, 0.1) is 20.6 Å². The lowest BCUT2D eigenvalue weighted by atomic mass is 9.91. The summed E-state index contributed by atoms with van der Waals surface area (Å²) >= 11 is 0. The molecule has 0 amide bonds. The van der Waals surface area contributed by atoms with E-state index in [0.29, 0.717) is 6.42 Å². The molecule has 0 rings (SSSR count). The quantitative estimate of drug-likeness (QED) is 0.118. The van der Waals surface area contributed by atoms with Gasteiger partial charge in [-0.3, -0.25) is 0 Å². The Bertz CT molecular complexity index is 452. The first kappa shape index (κ1) is 32.4. The van der Waals surface area contributed by atoms with Gasteiger partial charge in [0.1, 0.15) is 12.1 Å². The van der Waals surface area contributed by atoms with E-state index >= 15 is 0 Å². The minimum absolute atomic E-state index is 0.136. The van der Waals surface area contributed by atoms with Crippen molar-refractivity contribution in [3.63, 3.8) is 0 Å². The smallest absolute Gasteiger partial charge is 0.113 e. The summed E-state index contributed by atoms with van der Waals surface area (Å²) in [4.78, 5) is 10.6. The van der Waals surface area contributed by atoms with Gasteiger partial charge in [0.15, 0.2) is 0 Å². The zero-order valence-electron chi connectivity index (χ0n) is 23.0. The van der Waals surface area contributed by atoms with Crippen LogP contribution in [0.2, 0.25) is 0 Å². The molecule has 0 aliphatic heterocycles. The Labute approximate surface area is 207 Å². The van der Waals surface area contributed by atoms with Crippen molar-refractivity contribution in [2.75, 3.05) is 27.2 Å². The Balaban J connectivity index is 3.67. The van der Waals surface area contributed by atoms with Crippen LogP contribution in [-0.2, 0) is 4.79 Å². The summed E-state index contributed by atoms with van der Waals surface area (Å²) in [6, 6.07) is 0. The van der Waals surface area contributed by atoms with E-state index in [1.807, 2.05) is 0 Å². The monoisotopic (exact) mass is 469 g/mol. The van der Waals surface area contributed by atoms with Crippen molar-refractivity contribution in [3.8, 4) is 0 Å². The van der Waals surface area contributed by atoms with E-state index in [2.05, 4.69) is 27.9 Å². The molecule has 0 fully saturated rings. The number of quaternary nitrogens is 1. The summed E-state index contributed by atoms with van der Waals surface area (Å²) in [5.41, 5.74) is -0.603. The number of aliphatic hydroxyl groups is 1. The van der Waals surface area contributed by atoms with E-state index in [-0.39, 0.29) is 6.42 Å². The fourth-order valence-electron chi connectivity index (χ4n) is 5.05. The largest absolute Gasteiger partial charge is 0.550 e. The maximum absolute atomic E-state index is 11.1. The number of unbranched alkanes of at least 4 members (excludes halogenated alkanes) is 16. The van der Waals surface area contributed by atoms with Gasteiger partial charge in [0.2, 0.25) is 0 Å². The maximum atomic E-state index is 11.1. The third kappa shape index (κ3) is 21.6. The number of likely N-dealkylation sites (N-methyl/N-ethyl adjacent to an activating group) is 1. The van der Waals surface area contributed by atoms with E-state index in [1.165, 1.54) is 96.3 Å². The molecular weight excluding hydrogens is 410 g/mol. The molecule has 0 aromatic rings. The van der Waals surface area contributed by atoms with E-state index in [0.717, 1.165) is 43.3 Å². The van der Waals surface area contributed by atoms with Crippen molar-refractivity contribution < 1.29 is 19.5 Å². The summed E-state index contributed by atoms with van der Waals surface area (Å²) in [5.74, 6) is -0.964. The van der Waals surface area contributed by atoms with Crippen LogP contribution in [0, 0.1) is 0 Å². The van der Waals surface area contributed by atoms with E-state index in [9.17, 15) is 15.0 Å². The number of carboxylic acid groups (broad SMARTS) is 1. The molecule has 0 aromatic carbocycles. The summed E-state index contributed by atoms with van der Waals surface area (Å²) in [7, 11) is 4.29. The first-order valence-corrected chi connectivity index (χ1v) is 14.5. The van der Waals surface area contributed by atoms with E-state index in [4.69, 9.17) is 0 Å². The van der Waals surface area contributed by atoms with Gasteiger partial charge < -0.3 is 19.5 Å². The van der Waals surface area contributed by atoms with Crippen molar-refractivity contribution in [2.24, 2.45) is 0 Å². The molecule has 0 heterocycles. The second-order valence-electron chi connectivity index (χ2n) is 11.3. The maximum Gasteiger partial charge on any atom is 0.113 e. The summed E-state index contributed by atoms with van der Waals surface area (Å²) < 4.78 is 0.746. The number of hydrogen-bond donors (Lipinski definition) is 1. The van der Waals surface area contributed by atoms with Crippen molar-refractivity contribution >= 4 is 5.97 Å². The molecule has 0 aliphatic carbocycles. The average molecular weight is 470 g/mol. The van der Waals surface area contributed by atoms with Crippen molar-refractivity contribution in [2.45, 2.75) is 154 Å². The average Bonchev–Trinajstić information content (AvgIpc) is 2.76. The molecule has 0 saturated carbocycles. The molecule has 198 valence electrons. The molecular formula is C29H59NO3. The number of nitrogens with zero attached hydrogens (tertiary/aromatic N) is 1. The number of carbonyl (C=O) groups excluding carboxylic acids is 1. The highest BCUT2D eigenvalue weighted by molar-refractivity contribution is 5.64. The van der Waals surface area contributed by atoms with Crippen LogP contribution in [0.5, 0.6) is 0 Å². The van der Waals surface area contributed by atoms with Gasteiger partial charge in [-0.15, -0.1) is 0 Å². The van der Waals surface area contributed by atoms with Crippen molar-refractivity contribution in [1.29, 1.82) is 0 Å². The second-order valence-corrected chi connectivity index (χ2v) is 11.3. The lowest BCUT2D eigenvalue weighted by Crippen LogP contribution is -2.52. The molecule has 0 aliphatic rings. The Morgan fingerprint density at radius 2 is 1.12 bits per heavy atom. The first-order chi connectivity index (χ1) is 15.7. The molecule has 0 bridgehead atoms. The molecule has 4 heteroatoms. The molecule has 1 N–H and O–H groups in total.